The first-order valence-electron chi connectivity index (χ1n) is 6.31. The fourth-order valence-corrected chi connectivity index (χ4v) is 2.22. The Morgan fingerprint density at radius 2 is 1.77 bits per heavy atom. The number of hydrogen-bond acceptors (Lipinski definition) is 6. The third-order valence-corrected chi connectivity index (χ3v) is 3.51. The van der Waals surface area contributed by atoms with Gasteiger partial charge in [0.05, 0.1) is 10.4 Å². The first-order valence-corrected chi connectivity index (χ1v) is 7.19. The molecule has 1 aromatic carbocycles. The molecule has 0 unspecified atom stereocenters. The van der Waals surface area contributed by atoms with Gasteiger partial charge in [-0.15, -0.1) is 11.3 Å². The second kappa shape index (κ2) is 7.37. The van der Waals surface area contributed by atoms with E-state index in [0.29, 0.717) is 10.6 Å². The number of benzene rings is 1. The molecule has 2 N–H and O–H groups in total. The first kappa shape index (κ1) is 15.7. The number of primary amides is 1. The Morgan fingerprint density at radius 3 is 2.36 bits per heavy atom. The van der Waals surface area contributed by atoms with E-state index < -0.39 is 11.9 Å². The molecular formula is C15H13NO5S. The molecule has 0 saturated carbocycles. The van der Waals surface area contributed by atoms with Gasteiger partial charge in [0, 0.05) is 0 Å². The van der Waals surface area contributed by atoms with Crippen LogP contribution in [-0.4, -0.2) is 30.9 Å². The molecule has 0 aliphatic heterocycles. The molecule has 0 spiro atoms. The molecular weight excluding hydrogens is 306 g/mol. The van der Waals surface area contributed by atoms with Crippen molar-refractivity contribution in [2.45, 2.75) is 0 Å². The summed E-state index contributed by atoms with van der Waals surface area (Å²) in [6.07, 6.45) is 0. The van der Waals surface area contributed by atoms with Crippen molar-refractivity contribution in [3.05, 3.63) is 52.2 Å². The topological polar surface area (TPSA) is 95.7 Å². The maximum absolute atomic E-state index is 11.8. The van der Waals surface area contributed by atoms with E-state index in [4.69, 9.17) is 15.2 Å². The second-order valence-electron chi connectivity index (χ2n) is 4.26. The smallest absolute Gasteiger partial charge is 0.338 e. The van der Waals surface area contributed by atoms with Gasteiger partial charge in [0.1, 0.15) is 5.75 Å². The van der Waals surface area contributed by atoms with Crippen LogP contribution in [0, 0.1) is 0 Å². The number of thiophene rings is 1. The molecule has 1 aromatic heterocycles. The molecule has 1 amide bonds. The molecule has 1 heterocycles. The van der Waals surface area contributed by atoms with E-state index in [1.807, 2.05) is 0 Å². The zero-order valence-electron chi connectivity index (χ0n) is 11.5. The lowest BCUT2D eigenvalue weighted by molar-refractivity contribution is -0.119. The van der Waals surface area contributed by atoms with Crippen LogP contribution in [-0.2, 0) is 9.53 Å². The van der Waals surface area contributed by atoms with Gasteiger partial charge in [-0.2, -0.15) is 0 Å². The van der Waals surface area contributed by atoms with Crippen LogP contribution in [0.1, 0.15) is 20.0 Å². The normalized spacial score (nSPS) is 10.0. The van der Waals surface area contributed by atoms with Gasteiger partial charge in [-0.25, -0.2) is 4.79 Å². The average molecular weight is 319 g/mol. The van der Waals surface area contributed by atoms with Gasteiger partial charge in [-0.3, -0.25) is 9.59 Å². The third kappa shape index (κ3) is 4.42. The highest BCUT2D eigenvalue weighted by molar-refractivity contribution is 7.12. The Balaban J connectivity index is 1.87. The fraction of sp³-hybridized carbons (Fsp3) is 0.133. The lowest BCUT2D eigenvalue weighted by Gasteiger charge is -2.06. The van der Waals surface area contributed by atoms with Crippen LogP contribution in [0.2, 0.25) is 0 Å². The molecule has 22 heavy (non-hydrogen) atoms. The molecule has 0 atom stereocenters. The summed E-state index contributed by atoms with van der Waals surface area (Å²) in [6.45, 7) is -0.543. The van der Waals surface area contributed by atoms with E-state index in [9.17, 15) is 14.4 Å². The summed E-state index contributed by atoms with van der Waals surface area (Å²) in [7, 11) is 0. The number of rotatable bonds is 7. The highest BCUT2D eigenvalue weighted by atomic mass is 32.1. The van der Waals surface area contributed by atoms with Crippen LogP contribution in [0.3, 0.4) is 0 Å². The Morgan fingerprint density at radius 1 is 1.05 bits per heavy atom. The molecule has 2 rings (SSSR count). The molecule has 0 aliphatic rings. The Bertz CT molecular complexity index is 664. The van der Waals surface area contributed by atoms with E-state index in [-0.39, 0.29) is 24.6 Å². The largest absolute Gasteiger partial charge is 0.484 e. The summed E-state index contributed by atoms with van der Waals surface area (Å²) in [4.78, 5) is 34.7. The monoisotopic (exact) mass is 319 g/mol. The van der Waals surface area contributed by atoms with Crippen LogP contribution < -0.4 is 10.5 Å². The Labute approximate surface area is 130 Å². The number of esters is 1. The van der Waals surface area contributed by atoms with E-state index >= 15 is 0 Å². The number of amides is 1. The standard InChI is InChI=1S/C15H13NO5S/c16-14(18)9-20-11-5-3-10(4-6-11)15(19)21-8-12(17)13-2-1-7-22-13/h1-7H,8-9H2,(H2,16,18). The summed E-state index contributed by atoms with van der Waals surface area (Å²) < 4.78 is 10.0. The van der Waals surface area contributed by atoms with E-state index in [1.165, 1.54) is 35.6 Å². The van der Waals surface area contributed by atoms with Crippen molar-refractivity contribution in [1.82, 2.24) is 0 Å². The number of Topliss-reactive ketones (excluding diaryl/α,β-unsaturated/α-hetero) is 1. The zero-order valence-corrected chi connectivity index (χ0v) is 12.3. The van der Waals surface area contributed by atoms with Gasteiger partial charge in [0.25, 0.3) is 5.91 Å². The highest BCUT2D eigenvalue weighted by Crippen LogP contribution is 2.14. The third-order valence-electron chi connectivity index (χ3n) is 2.60. The van der Waals surface area contributed by atoms with Crippen LogP contribution in [0.15, 0.2) is 41.8 Å². The van der Waals surface area contributed by atoms with Gasteiger partial charge in [-0.1, -0.05) is 6.07 Å². The number of nitrogens with two attached hydrogens (primary N) is 1. The van der Waals surface area contributed by atoms with Gasteiger partial charge in [-0.05, 0) is 35.7 Å². The minimum Gasteiger partial charge on any atom is -0.484 e. The predicted molar refractivity (Wildman–Crippen MR) is 80.1 cm³/mol. The summed E-state index contributed by atoms with van der Waals surface area (Å²) in [5.41, 5.74) is 5.24. The lowest BCUT2D eigenvalue weighted by Crippen LogP contribution is -2.20. The van der Waals surface area contributed by atoms with Crippen molar-refractivity contribution < 1.29 is 23.9 Å². The van der Waals surface area contributed by atoms with Crippen molar-refractivity contribution in [3.8, 4) is 5.75 Å². The summed E-state index contributed by atoms with van der Waals surface area (Å²) in [5, 5.41) is 1.78. The maximum atomic E-state index is 11.8. The van der Waals surface area contributed by atoms with Crippen LogP contribution in [0.25, 0.3) is 0 Å². The van der Waals surface area contributed by atoms with Crippen molar-refractivity contribution >= 4 is 29.0 Å². The zero-order chi connectivity index (χ0) is 15.9. The van der Waals surface area contributed by atoms with Crippen molar-refractivity contribution in [2.75, 3.05) is 13.2 Å². The van der Waals surface area contributed by atoms with Crippen LogP contribution in [0.5, 0.6) is 5.75 Å². The van der Waals surface area contributed by atoms with Crippen LogP contribution in [0.4, 0.5) is 0 Å². The quantitative estimate of drug-likeness (QED) is 0.618. The summed E-state index contributed by atoms with van der Waals surface area (Å²) in [6, 6.07) is 9.42. The molecule has 2 aromatic rings. The van der Waals surface area contributed by atoms with Crippen molar-refractivity contribution in [3.63, 3.8) is 0 Å². The highest BCUT2D eigenvalue weighted by Gasteiger charge is 2.12. The molecule has 0 saturated heterocycles. The average Bonchev–Trinajstić information content (AvgIpc) is 3.05. The van der Waals surface area contributed by atoms with Crippen molar-refractivity contribution in [1.29, 1.82) is 0 Å². The van der Waals surface area contributed by atoms with Gasteiger partial charge in [0.2, 0.25) is 5.78 Å². The van der Waals surface area contributed by atoms with Crippen molar-refractivity contribution in [2.24, 2.45) is 5.73 Å². The molecule has 0 bridgehead atoms. The summed E-state index contributed by atoms with van der Waals surface area (Å²) >= 11 is 1.29. The second-order valence-corrected chi connectivity index (χ2v) is 5.20. The predicted octanol–water partition coefficient (Wildman–Crippen LogP) is 1.65. The number of ketones is 1. The molecule has 114 valence electrons. The number of hydrogen-bond donors (Lipinski definition) is 1. The van der Waals surface area contributed by atoms with Crippen LogP contribution >= 0.6 is 11.3 Å². The Kier molecular flexibility index (Phi) is 5.26. The Hall–Kier alpha value is -2.67. The molecule has 6 nitrogen and oxygen atoms in total. The molecule has 7 heteroatoms. The summed E-state index contributed by atoms with van der Waals surface area (Å²) in [5.74, 6) is -1.03. The van der Waals surface area contributed by atoms with Gasteiger partial charge < -0.3 is 15.2 Å². The number of carbonyl (C=O) groups is 3. The maximum Gasteiger partial charge on any atom is 0.338 e. The number of carbonyl (C=O) groups excluding carboxylic acids is 3. The molecule has 0 radical (unpaired) electrons. The minimum atomic E-state index is -0.605. The van der Waals surface area contributed by atoms with Gasteiger partial charge in [0.15, 0.2) is 13.2 Å². The SMILES string of the molecule is NC(=O)COc1ccc(C(=O)OCC(=O)c2cccs2)cc1. The van der Waals surface area contributed by atoms with E-state index in [2.05, 4.69) is 0 Å². The van der Waals surface area contributed by atoms with E-state index in [0.717, 1.165) is 0 Å². The molecule has 0 fully saturated rings. The molecule has 0 aliphatic carbocycles. The number of ether oxygens (including phenoxy) is 2. The van der Waals surface area contributed by atoms with E-state index in [1.54, 1.807) is 17.5 Å². The first-order chi connectivity index (χ1) is 10.6. The lowest BCUT2D eigenvalue weighted by atomic mass is 10.2. The van der Waals surface area contributed by atoms with Gasteiger partial charge >= 0.3 is 5.97 Å². The minimum absolute atomic E-state index is 0.237. The fourth-order valence-electron chi connectivity index (χ4n) is 1.56.